The summed E-state index contributed by atoms with van der Waals surface area (Å²) in [4.78, 5) is 2.46. The first-order valence-electron chi connectivity index (χ1n) is 8.19. The molecule has 0 radical (unpaired) electrons. The van der Waals surface area contributed by atoms with Gasteiger partial charge in [-0.05, 0) is 17.7 Å². The molecule has 1 aromatic rings. The summed E-state index contributed by atoms with van der Waals surface area (Å²) in [6.45, 7) is 6.88. The van der Waals surface area contributed by atoms with Gasteiger partial charge in [-0.1, -0.05) is 6.07 Å². The van der Waals surface area contributed by atoms with Crippen LogP contribution in [0, 0.1) is 0 Å². The van der Waals surface area contributed by atoms with Gasteiger partial charge in [0.1, 0.15) is 6.10 Å². The normalized spacial score (nSPS) is 20.8. The van der Waals surface area contributed by atoms with Crippen molar-refractivity contribution in [3.63, 3.8) is 0 Å². The Bertz CT molecular complexity index is 469. The van der Waals surface area contributed by atoms with E-state index in [-0.39, 0.29) is 6.10 Å². The maximum Gasteiger partial charge on any atom is 0.161 e. The third-order valence-electron chi connectivity index (χ3n) is 4.31. The number of nitrogens with one attached hydrogen (secondary N) is 1. The molecule has 22 heavy (non-hydrogen) atoms. The van der Waals surface area contributed by atoms with Crippen molar-refractivity contribution < 1.29 is 14.2 Å². The Hall–Kier alpha value is -1.30. The van der Waals surface area contributed by atoms with Crippen LogP contribution in [0.25, 0.3) is 0 Å². The number of methoxy groups -OCH3 is 1. The van der Waals surface area contributed by atoms with Gasteiger partial charge in [0.25, 0.3) is 0 Å². The van der Waals surface area contributed by atoms with E-state index in [1.165, 1.54) is 5.56 Å². The lowest BCUT2D eigenvalue weighted by Crippen LogP contribution is -2.42. The first-order chi connectivity index (χ1) is 10.8. The van der Waals surface area contributed by atoms with Crippen molar-refractivity contribution >= 4 is 0 Å². The number of hydrogen-bond donors (Lipinski definition) is 1. The summed E-state index contributed by atoms with van der Waals surface area (Å²) < 4.78 is 17.0. The fourth-order valence-corrected chi connectivity index (χ4v) is 3.01. The second kappa shape index (κ2) is 7.81. The van der Waals surface area contributed by atoms with E-state index in [1.54, 1.807) is 7.11 Å². The van der Waals surface area contributed by atoms with Crippen molar-refractivity contribution in [3.8, 4) is 11.5 Å². The number of rotatable bonds is 5. The fourth-order valence-electron chi connectivity index (χ4n) is 3.01. The molecule has 2 aliphatic rings. The smallest absolute Gasteiger partial charge is 0.161 e. The van der Waals surface area contributed by atoms with Crippen molar-refractivity contribution in [3.05, 3.63) is 23.8 Å². The molecule has 0 amide bonds. The van der Waals surface area contributed by atoms with Crippen LogP contribution >= 0.6 is 0 Å². The number of nitrogens with zero attached hydrogens (tertiary/aromatic N) is 1. The van der Waals surface area contributed by atoms with E-state index in [0.29, 0.717) is 0 Å². The average Bonchev–Trinajstić information content (AvgIpc) is 2.58. The molecule has 2 heterocycles. The molecule has 0 aliphatic carbocycles. The van der Waals surface area contributed by atoms with Gasteiger partial charge in [0.05, 0.1) is 20.3 Å². The van der Waals surface area contributed by atoms with E-state index in [4.69, 9.17) is 14.2 Å². The lowest BCUT2D eigenvalue weighted by Gasteiger charge is -2.28. The van der Waals surface area contributed by atoms with Crippen LogP contribution in [0.15, 0.2) is 18.2 Å². The zero-order chi connectivity index (χ0) is 15.2. The van der Waals surface area contributed by atoms with Gasteiger partial charge in [-0.25, -0.2) is 0 Å². The molecule has 0 spiro atoms. The van der Waals surface area contributed by atoms with Gasteiger partial charge < -0.3 is 19.5 Å². The third kappa shape index (κ3) is 4.12. The molecular formula is C17H26N2O3. The molecule has 5 heteroatoms. The summed E-state index contributed by atoms with van der Waals surface area (Å²) in [5.41, 5.74) is 1.28. The lowest BCUT2D eigenvalue weighted by molar-refractivity contribution is 0.0245. The zero-order valence-electron chi connectivity index (χ0n) is 13.3. The standard InChI is InChI=1S/C17H26N2O3/c1-20-17-12-14(13-19-8-6-18-7-9-19)2-3-16(17)22-15-4-10-21-11-5-15/h2-3,12,15,18H,4-11,13H2,1H3. The number of benzene rings is 1. The van der Waals surface area contributed by atoms with Crippen LogP contribution in [0.2, 0.25) is 0 Å². The molecule has 2 saturated heterocycles. The molecule has 0 bridgehead atoms. The molecule has 3 rings (SSSR count). The largest absolute Gasteiger partial charge is 0.493 e. The minimum Gasteiger partial charge on any atom is -0.493 e. The minimum absolute atomic E-state index is 0.238. The number of hydrogen-bond acceptors (Lipinski definition) is 5. The predicted molar refractivity (Wildman–Crippen MR) is 85.6 cm³/mol. The van der Waals surface area contributed by atoms with E-state index < -0.39 is 0 Å². The summed E-state index contributed by atoms with van der Waals surface area (Å²) in [6, 6.07) is 6.31. The summed E-state index contributed by atoms with van der Waals surface area (Å²) in [6.07, 6.45) is 2.14. The van der Waals surface area contributed by atoms with Crippen molar-refractivity contribution in [1.82, 2.24) is 10.2 Å². The highest BCUT2D eigenvalue weighted by molar-refractivity contribution is 5.43. The van der Waals surface area contributed by atoms with E-state index in [9.17, 15) is 0 Å². The molecule has 1 N–H and O–H groups in total. The summed E-state index contributed by atoms with van der Waals surface area (Å²) in [7, 11) is 1.71. The van der Waals surface area contributed by atoms with E-state index in [1.807, 2.05) is 6.07 Å². The van der Waals surface area contributed by atoms with Crippen molar-refractivity contribution in [2.24, 2.45) is 0 Å². The van der Waals surface area contributed by atoms with Crippen LogP contribution in [0.4, 0.5) is 0 Å². The maximum absolute atomic E-state index is 6.09. The highest BCUT2D eigenvalue weighted by Gasteiger charge is 2.18. The Kier molecular flexibility index (Phi) is 5.53. The van der Waals surface area contributed by atoms with Crippen LogP contribution in [-0.4, -0.2) is 57.5 Å². The predicted octanol–water partition coefficient (Wildman–Crippen LogP) is 1.66. The van der Waals surface area contributed by atoms with Gasteiger partial charge in [0.15, 0.2) is 11.5 Å². The molecule has 2 aliphatic heterocycles. The van der Waals surface area contributed by atoms with Gasteiger partial charge in [-0.2, -0.15) is 0 Å². The quantitative estimate of drug-likeness (QED) is 0.896. The first-order valence-corrected chi connectivity index (χ1v) is 8.19. The Labute approximate surface area is 132 Å². The molecule has 122 valence electrons. The van der Waals surface area contributed by atoms with E-state index >= 15 is 0 Å². The monoisotopic (exact) mass is 306 g/mol. The van der Waals surface area contributed by atoms with Crippen molar-refractivity contribution in [1.29, 1.82) is 0 Å². The summed E-state index contributed by atoms with van der Waals surface area (Å²) in [5, 5.41) is 3.38. The Morgan fingerprint density at radius 1 is 1.18 bits per heavy atom. The fraction of sp³-hybridized carbons (Fsp3) is 0.647. The lowest BCUT2D eigenvalue weighted by atomic mass is 10.1. The van der Waals surface area contributed by atoms with Crippen LogP contribution in [0.3, 0.4) is 0 Å². The first kappa shape index (κ1) is 15.6. The average molecular weight is 306 g/mol. The number of piperazine rings is 1. The molecular weight excluding hydrogens is 280 g/mol. The van der Waals surface area contributed by atoms with Gasteiger partial charge in [0, 0.05) is 45.6 Å². The maximum atomic E-state index is 6.09. The Morgan fingerprint density at radius 3 is 2.68 bits per heavy atom. The SMILES string of the molecule is COc1cc(CN2CCNCC2)ccc1OC1CCOCC1. The van der Waals surface area contributed by atoms with E-state index in [2.05, 4.69) is 22.3 Å². The topological polar surface area (TPSA) is 43.0 Å². The minimum atomic E-state index is 0.238. The summed E-state index contributed by atoms with van der Waals surface area (Å²) in [5.74, 6) is 1.68. The molecule has 2 fully saturated rings. The van der Waals surface area contributed by atoms with Gasteiger partial charge in [-0.3, -0.25) is 4.90 Å². The molecule has 0 atom stereocenters. The molecule has 0 saturated carbocycles. The molecule has 0 unspecified atom stereocenters. The second-order valence-corrected chi connectivity index (χ2v) is 5.94. The van der Waals surface area contributed by atoms with Crippen LogP contribution in [0.1, 0.15) is 18.4 Å². The molecule has 1 aromatic carbocycles. The van der Waals surface area contributed by atoms with Crippen molar-refractivity contribution in [2.75, 3.05) is 46.5 Å². The zero-order valence-corrected chi connectivity index (χ0v) is 13.3. The van der Waals surface area contributed by atoms with E-state index in [0.717, 1.165) is 70.3 Å². The van der Waals surface area contributed by atoms with Gasteiger partial charge >= 0.3 is 0 Å². The van der Waals surface area contributed by atoms with Gasteiger partial charge in [0.2, 0.25) is 0 Å². The highest BCUT2D eigenvalue weighted by atomic mass is 16.5. The Morgan fingerprint density at radius 2 is 1.95 bits per heavy atom. The summed E-state index contributed by atoms with van der Waals surface area (Å²) >= 11 is 0. The number of ether oxygens (including phenoxy) is 3. The van der Waals surface area contributed by atoms with Crippen molar-refractivity contribution in [2.45, 2.75) is 25.5 Å². The second-order valence-electron chi connectivity index (χ2n) is 5.94. The van der Waals surface area contributed by atoms with Crippen LogP contribution in [-0.2, 0) is 11.3 Å². The van der Waals surface area contributed by atoms with Crippen LogP contribution in [0.5, 0.6) is 11.5 Å². The third-order valence-corrected chi connectivity index (χ3v) is 4.31. The van der Waals surface area contributed by atoms with Crippen LogP contribution < -0.4 is 14.8 Å². The highest BCUT2D eigenvalue weighted by Crippen LogP contribution is 2.30. The van der Waals surface area contributed by atoms with Gasteiger partial charge in [-0.15, -0.1) is 0 Å². The molecule has 5 nitrogen and oxygen atoms in total. The molecule has 0 aromatic heterocycles. The Balaban J connectivity index is 1.64.